The fourth-order valence-electron chi connectivity index (χ4n) is 1.04. The largest absolute Gasteiger partial charge is 1.00 e. The first kappa shape index (κ1) is 17.8. The van der Waals surface area contributed by atoms with Crippen molar-refractivity contribution in [2.75, 3.05) is 18.0 Å². The van der Waals surface area contributed by atoms with Crippen molar-refractivity contribution in [1.29, 1.82) is 0 Å². The van der Waals surface area contributed by atoms with Crippen LogP contribution in [0.15, 0.2) is 29.2 Å². The Bertz CT molecular complexity index is 582. The van der Waals surface area contributed by atoms with E-state index in [4.69, 9.17) is 10.3 Å². The number of hydrogen-bond donors (Lipinski definition) is 3. The molecule has 0 aromatic heterocycles. The van der Waals surface area contributed by atoms with Crippen LogP contribution in [0.2, 0.25) is 0 Å². The first-order valence-electron chi connectivity index (χ1n) is 4.51. The Balaban J connectivity index is 0.00000289. The molecule has 0 spiro atoms. The van der Waals surface area contributed by atoms with Gasteiger partial charge in [0.05, 0.1) is 10.6 Å². The van der Waals surface area contributed by atoms with Gasteiger partial charge in [-0.1, -0.05) is 0 Å². The molecule has 4 N–H and O–H groups in total. The predicted octanol–water partition coefficient (Wildman–Crippen LogP) is -3.56. The fraction of sp³-hybridized carbons (Fsp3) is 0.250. The average Bonchev–Trinajstić information content (AvgIpc) is 2.15. The number of anilines is 1. The van der Waals surface area contributed by atoms with E-state index in [1.807, 2.05) is 4.72 Å². The Morgan fingerprint density at radius 1 is 1.11 bits per heavy atom. The second-order valence-corrected chi connectivity index (χ2v) is 6.59. The van der Waals surface area contributed by atoms with Gasteiger partial charge in [0.15, 0.2) is 0 Å². The monoisotopic (exact) mass is 303 g/mol. The molecule has 96 valence electrons. The molecule has 1 rings (SSSR count). The van der Waals surface area contributed by atoms with Gasteiger partial charge in [-0.05, 0) is 24.3 Å². The summed E-state index contributed by atoms with van der Waals surface area (Å²) < 4.78 is 54.5. The van der Waals surface area contributed by atoms with Crippen LogP contribution < -0.4 is 40.0 Å². The molecule has 0 saturated heterocycles. The Kier molecular flexibility index (Phi) is 6.79. The zero-order valence-electron chi connectivity index (χ0n) is 9.70. The van der Waals surface area contributed by atoms with Crippen molar-refractivity contribution in [3.05, 3.63) is 24.3 Å². The zero-order valence-corrected chi connectivity index (χ0v) is 13.3. The van der Waals surface area contributed by atoms with Crippen LogP contribution in [-0.2, 0) is 20.1 Å². The summed E-state index contributed by atoms with van der Waals surface area (Å²) in [5.74, 6) is -0.679. The zero-order chi connectivity index (χ0) is 13.1. The third-order valence-electron chi connectivity index (χ3n) is 1.84. The minimum Gasteiger partial charge on any atom is -0.399 e. The molecule has 0 fully saturated rings. The summed E-state index contributed by atoms with van der Waals surface area (Å²) >= 11 is 0. The van der Waals surface area contributed by atoms with Crippen molar-refractivity contribution in [3.8, 4) is 0 Å². The van der Waals surface area contributed by atoms with Crippen LogP contribution in [-0.4, -0.2) is 33.7 Å². The third kappa shape index (κ3) is 6.14. The molecule has 10 heteroatoms. The van der Waals surface area contributed by atoms with Gasteiger partial charge in [-0.2, -0.15) is 8.42 Å². The van der Waals surface area contributed by atoms with Crippen LogP contribution in [0.3, 0.4) is 0 Å². The molecule has 7 nitrogen and oxygen atoms in total. The van der Waals surface area contributed by atoms with E-state index in [2.05, 4.69) is 0 Å². The predicted molar refractivity (Wildman–Crippen MR) is 62.5 cm³/mol. The summed E-state index contributed by atoms with van der Waals surface area (Å²) in [6.07, 6.45) is 0. The van der Waals surface area contributed by atoms with E-state index >= 15 is 0 Å². The molecule has 0 aliphatic carbocycles. The summed E-state index contributed by atoms with van der Waals surface area (Å²) in [4.78, 5) is -0.0259. The van der Waals surface area contributed by atoms with Crippen LogP contribution in [0.1, 0.15) is 0 Å². The molecule has 0 amide bonds. The number of rotatable bonds is 5. The van der Waals surface area contributed by atoms with Crippen molar-refractivity contribution in [2.24, 2.45) is 0 Å². The molecule has 0 saturated carbocycles. The molecule has 1 aromatic rings. The van der Waals surface area contributed by atoms with Crippen molar-refractivity contribution in [1.82, 2.24) is 4.72 Å². The van der Waals surface area contributed by atoms with Gasteiger partial charge in [-0.15, -0.1) is 0 Å². The van der Waals surface area contributed by atoms with Gasteiger partial charge < -0.3 is 5.73 Å². The summed E-state index contributed by atoms with van der Waals surface area (Å²) in [7, 11) is -7.96. The molecular formula is C8H12N2NaO5S2+. The van der Waals surface area contributed by atoms with E-state index in [0.29, 0.717) is 5.69 Å². The van der Waals surface area contributed by atoms with Gasteiger partial charge in [0.25, 0.3) is 10.1 Å². The fourth-order valence-corrected chi connectivity index (χ4v) is 2.56. The van der Waals surface area contributed by atoms with Gasteiger partial charge in [0.2, 0.25) is 10.0 Å². The Morgan fingerprint density at radius 3 is 2.06 bits per heavy atom. The van der Waals surface area contributed by atoms with Gasteiger partial charge in [0.1, 0.15) is 0 Å². The van der Waals surface area contributed by atoms with Crippen molar-refractivity contribution in [2.45, 2.75) is 4.90 Å². The van der Waals surface area contributed by atoms with E-state index in [1.165, 1.54) is 24.3 Å². The number of nitrogens with one attached hydrogen (secondary N) is 1. The molecule has 0 atom stereocenters. The molecular weight excluding hydrogens is 291 g/mol. The summed E-state index contributed by atoms with van der Waals surface area (Å²) in [6, 6.07) is 5.42. The number of nitrogens with two attached hydrogens (primary N) is 1. The van der Waals surface area contributed by atoms with Crippen LogP contribution in [0.5, 0.6) is 0 Å². The SMILES string of the molecule is Nc1ccc(S(=O)(=O)NCCS(=O)(=O)O)cc1.[Na+]. The van der Waals surface area contributed by atoms with Gasteiger partial charge >= 0.3 is 29.6 Å². The Morgan fingerprint density at radius 2 is 1.61 bits per heavy atom. The van der Waals surface area contributed by atoms with E-state index < -0.39 is 32.4 Å². The summed E-state index contributed by atoms with van der Waals surface area (Å²) in [5, 5.41) is 0. The Labute approximate surface area is 128 Å². The molecule has 0 aliphatic heterocycles. The standard InChI is InChI=1S/C8H12N2O5S2.Na/c9-7-1-3-8(4-2-7)17(14,15)10-5-6-16(11,12)13;/h1-4,10H,5-6,9H2,(H,11,12,13);/q;+1. The van der Waals surface area contributed by atoms with E-state index in [0.717, 1.165) is 0 Å². The van der Waals surface area contributed by atoms with E-state index in [1.54, 1.807) is 0 Å². The minimum absolute atomic E-state index is 0. The number of sulfonamides is 1. The van der Waals surface area contributed by atoms with E-state index in [-0.39, 0.29) is 34.5 Å². The number of nitrogen functional groups attached to an aromatic ring is 1. The molecule has 0 unspecified atom stereocenters. The van der Waals surface area contributed by atoms with Crippen LogP contribution in [0, 0.1) is 0 Å². The van der Waals surface area contributed by atoms with Gasteiger partial charge in [-0.3, -0.25) is 4.55 Å². The molecule has 0 aliphatic rings. The van der Waals surface area contributed by atoms with Crippen molar-refractivity contribution < 1.29 is 50.9 Å². The number of benzene rings is 1. The van der Waals surface area contributed by atoms with Crippen LogP contribution >= 0.6 is 0 Å². The quantitative estimate of drug-likeness (QED) is 0.293. The second kappa shape index (κ2) is 6.85. The molecule has 0 heterocycles. The normalized spacial score (nSPS) is 11.8. The topological polar surface area (TPSA) is 127 Å². The molecule has 0 radical (unpaired) electrons. The van der Waals surface area contributed by atoms with E-state index in [9.17, 15) is 16.8 Å². The summed E-state index contributed by atoms with van der Waals surface area (Å²) in [5.41, 5.74) is 5.82. The number of hydrogen-bond acceptors (Lipinski definition) is 5. The second-order valence-electron chi connectivity index (χ2n) is 3.25. The first-order valence-corrected chi connectivity index (χ1v) is 7.60. The smallest absolute Gasteiger partial charge is 0.399 e. The maximum Gasteiger partial charge on any atom is 1.00 e. The third-order valence-corrected chi connectivity index (χ3v) is 4.04. The Hall–Kier alpha value is -0.160. The maximum atomic E-state index is 11.6. The van der Waals surface area contributed by atoms with Crippen molar-refractivity contribution in [3.63, 3.8) is 0 Å². The molecule has 1 aromatic carbocycles. The molecule has 18 heavy (non-hydrogen) atoms. The molecule has 0 bridgehead atoms. The first-order chi connectivity index (χ1) is 7.71. The maximum absolute atomic E-state index is 11.6. The minimum atomic E-state index is -4.18. The average molecular weight is 303 g/mol. The van der Waals surface area contributed by atoms with Crippen molar-refractivity contribution >= 4 is 25.8 Å². The van der Waals surface area contributed by atoms with Crippen LogP contribution in [0.4, 0.5) is 5.69 Å². The van der Waals surface area contributed by atoms with Crippen LogP contribution in [0.25, 0.3) is 0 Å². The van der Waals surface area contributed by atoms with Gasteiger partial charge in [-0.25, -0.2) is 13.1 Å². The summed E-state index contributed by atoms with van der Waals surface area (Å²) in [6.45, 7) is -0.397. The van der Waals surface area contributed by atoms with Gasteiger partial charge in [0, 0.05) is 12.2 Å².